The molecule has 0 radical (unpaired) electrons. The van der Waals surface area contributed by atoms with Gasteiger partial charge in [-0.15, -0.1) is 0 Å². The standard InChI is InChI=1S/C22H23N5O3S/c1-14-5-4-10-23-19(14)25-20(29)15-6-8-16(9-7-15)24-18(28)13-17-21(30)26-22(31-17)27-11-2-3-12-27/h4-10,17H,2-3,11-13H2,1H3,(H,24,28)(H,23,25,29). The zero-order chi connectivity index (χ0) is 21.8. The maximum Gasteiger partial charge on any atom is 0.262 e. The van der Waals surface area contributed by atoms with Crippen molar-refractivity contribution in [1.29, 1.82) is 0 Å². The van der Waals surface area contributed by atoms with Gasteiger partial charge in [-0.2, -0.15) is 4.99 Å². The molecule has 160 valence electrons. The van der Waals surface area contributed by atoms with Crippen LogP contribution in [0.5, 0.6) is 0 Å². The number of nitrogens with one attached hydrogen (secondary N) is 2. The van der Waals surface area contributed by atoms with Crippen molar-refractivity contribution in [3.63, 3.8) is 0 Å². The summed E-state index contributed by atoms with van der Waals surface area (Å²) in [7, 11) is 0. The van der Waals surface area contributed by atoms with Crippen LogP contribution in [0, 0.1) is 6.92 Å². The van der Waals surface area contributed by atoms with Crippen molar-refractivity contribution in [3.05, 3.63) is 53.7 Å². The molecule has 8 nitrogen and oxygen atoms in total. The summed E-state index contributed by atoms with van der Waals surface area (Å²) in [5.74, 6) is -0.276. The van der Waals surface area contributed by atoms with E-state index < -0.39 is 5.25 Å². The van der Waals surface area contributed by atoms with Crippen molar-refractivity contribution in [3.8, 4) is 0 Å². The highest BCUT2D eigenvalue weighted by Crippen LogP contribution is 2.29. The number of amides is 3. The van der Waals surface area contributed by atoms with Crippen molar-refractivity contribution in [2.75, 3.05) is 23.7 Å². The highest BCUT2D eigenvalue weighted by Gasteiger charge is 2.33. The van der Waals surface area contributed by atoms with Crippen molar-refractivity contribution in [2.45, 2.75) is 31.4 Å². The number of hydrogen-bond acceptors (Lipinski definition) is 6. The number of likely N-dealkylation sites (tertiary alicyclic amines) is 1. The predicted octanol–water partition coefficient (Wildman–Crippen LogP) is 3.06. The third kappa shape index (κ3) is 5.11. The topological polar surface area (TPSA) is 104 Å². The molecule has 2 aliphatic heterocycles. The van der Waals surface area contributed by atoms with Crippen LogP contribution in [0.1, 0.15) is 35.2 Å². The van der Waals surface area contributed by atoms with Crippen LogP contribution in [0.4, 0.5) is 11.5 Å². The monoisotopic (exact) mass is 437 g/mol. The number of aliphatic imine (C=N–C) groups is 1. The van der Waals surface area contributed by atoms with E-state index in [9.17, 15) is 14.4 Å². The van der Waals surface area contributed by atoms with Crippen molar-refractivity contribution in [2.24, 2.45) is 4.99 Å². The molecular formula is C22H23N5O3S. The number of carbonyl (C=O) groups is 3. The molecule has 1 saturated heterocycles. The lowest BCUT2D eigenvalue weighted by Crippen LogP contribution is -2.25. The number of anilines is 2. The quantitative estimate of drug-likeness (QED) is 0.745. The Labute approximate surface area is 184 Å². The second-order valence-electron chi connectivity index (χ2n) is 7.49. The van der Waals surface area contributed by atoms with Crippen molar-refractivity contribution < 1.29 is 14.4 Å². The van der Waals surface area contributed by atoms with E-state index in [-0.39, 0.29) is 24.1 Å². The Bertz CT molecular complexity index is 1030. The predicted molar refractivity (Wildman–Crippen MR) is 121 cm³/mol. The molecule has 0 bridgehead atoms. The molecule has 4 rings (SSSR count). The number of amidine groups is 1. The van der Waals surface area contributed by atoms with Gasteiger partial charge in [0.15, 0.2) is 5.17 Å². The SMILES string of the molecule is Cc1cccnc1NC(=O)c1ccc(NC(=O)CC2SC(N3CCCC3)=NC2=O)cc1. The molecular weight excluding hydrogens is 414 g/mol. The summed E-state index contributed by atoms with van der Waals surface area (Å²) < 4.78 is 0. The minimum absolute atomic E-state index is 0.0610. The van der Waals surface area contributed by atoms with E-state index in [1.54, 1.807) is 36.5 Å². The first kappa shape index (κ1) is 21.0. The van der Waals surface area contributed by atoms with E-state index in [1.807, 2.05) is 13.0 Å². The number of aryl methyl sites for hydroxylation is 1. The third-order valence-corrected chi connectivity index (χ3v) is 6.36. The smallest absolute Gasteiger partial charge is 0.262 e. The van der Waals surface area contributed by atoms with E-state index in [0.717, 1.165) is 36.7 Å². The van der Waals surface area contributed by atoms with Gasteiger partial charge in [-0.05, 0) is 55.7 Å². The van der Waals surface area contributed by atoms with Crippen LogP contribution < -0.4 is 10.6 Å². The van der Waals surface area contributed by atoms with Crippen LogP contribution in [-0.4, -0.2) is 51.1 Å². The van der Waals surface area contributed by atoms with Crippen LogP contribution in [0.25, 0.3) is 0 Å². The summed E-state index contributed by atoms with van der Waals surface area (Å²) in [5, 5.41) is 5.81. The molecule has 2 aliphatic rings. The Morgan fingerprint density at radius 1 is 1.13 bits per heavy atom. The molecule has 2 N–H and O–H groups in total. The molecule has 0 aliphatic carbocycles. The minimum Gasteiger partial charge on any atom is -0.351 e. The fourth-order valence-electron chi connectivity index (χ4n) is 3.43. The molecule has 3 heterocycles. The Morgan fingerprint density at radius 2 is 1.87 bits per heavy atom. The molecule has 31 heavy (non-hydrogen) atoms. The van der Waals surface area contributed by atoms with Gasteiger partial charge in [0.25, 0.3) is 11.8 Å². The van der Waals surface area contributed by atoms with E-state index in [0.29, 0.717) is 17.1 Å². The van der Waals surface area contributed by atoms with E-state index >= 15 is 0 Å². The fourth-order valence-corrected chi connectivity index (χ4v) is 4.55. The molecule has 1 atom stereocenters. The minimum atomic E-state index is -0.484. The van der Waals surface area contributed by atoms with Gasteiger partial charge in [-0.25, -0.2) is 4.98 Å². The lowest BCUT2D eigenvalue weighted by atomic mass is 10.2. The third-order valence-electron chi connectivity index (χ3n) is 5.15. The molecule has 3 amide bonds. The molecule has 1 unspecified atom stereocenters. The first-order chi connectivity index (χ1) is 15.0. The second kappa shape index (κ2) is 9.30. The summed E-state index contributed by atoms with van der Waals surface area (Å²) in [6.45, 7) is 3.70. The summed E-state index contributed by atoms with van der Waals surface area (Å²) in [6.07, 6.45) is 3.89. The zero-order valence-corrected chi connectivity index (χ0v) is 17.9. The van der Waals surface area contributed by atoms with Gasteiger partial charge in [-0.3, -0.25) is 14.4 Å². The number of benzene rings is 1. The average Bonchev–Trinajstić information content (AvgIpc) is 3.40. The second-order valence-corrected chi connectivity index (χ2v) is 8.66. The number of pyridine rings is 1. The van der Waals surface area contributed by atoms with Crippen LogP contribution in [0.3, 0.4) is 0 Å². The van der Waals surface area contributed by atoms with Crippen molar-refractivity contribution >= 4 is 46.2 Å². The average molecular weight is 438 g/mol. The van der Waals surface area contributed by atoms with Gasteiger partial charge in [0.05, 0.1) is 0 Å². The van der Waals surface area contributed by atoms with E-state index in [2.05, 4.69) is 25.5 Å². The van der Waals surface area contributed by atoms with E-state index in [4.69, 9.17) is 0 Å². The number of thioether (sulfide) groups is 1. The molecule has 1 aromatic heterocycles. The summed E-state index contributed by atoms with van der Waals surface area (Å²) >= 11 is 1.37. The lowest BCUT2D eigenvalue weighted by molar-refractivity contribution is -0.121. The molecule has 0 spiro atoms. The van der Waals surface area contributed by atoms with Gasteiger partial charge in [0, 0.05) is 37.0 Å². The van der Waals surface area contributed by atoms with Gasteiger partial charge in [0.1, 0.15) is 11.1 Å². The fraction of sp³-hybridized carbons (Fsp3) is 0.318. The van der Waals surface area contributed by atoms with Crippen LogP contribution in [-0.2, 0) is 9.59 Å². The number of aromatic nitrogens is 1. The molecule has 0 saturated carbocycles. The van der Waals surface area contributed by atoms with Gasteiger partial charge in [-0.1, -0.05) is 17.8 Å². The van der Waals surface area contributed by atoms with Crippen LogP contribution in [0.2, 0.25) is 0 Å². The number of carbonyl (C=O) groups excluding carboxylic acids is 3. The van der Waals surface area contributed by atoms with Gasteiger partial charge >= 0.3 is 0 Å². The number of hydrogen-bond donors (Lipinski definition) is 2. The molecule has 1 aromatic carbocycles. The lowest BCUT2D eigenvalue weighted by Gasteiger charge is -2.16. The number of rotatable bonds is 5. The normalized spacial score (nSPS) is 18.1. The first-order valence-corrected chi connectivity index (χ1v) is 11.0. The summed E-state index contributed by atoms with van der Waals surface area (Å²) in [6, 6.07) is 10.3. The number of nitrogens with zero attached hydrogens (tertiary/aromatic N) is 3. The maximum absolute atomic E-state index is 12.4. The molecule has 1 fully saturated rings. The summed E-state index contributed by atoms with van der Waals surface area (Å²) in [4.78, 5) is 47.4. The molecule has 9 heteroatoms. The van der Waals surface area contributed by atoms with E-state index in [1.165, 1.54) is 11.8 Å². The highest BCUT2D eigenvalue weighted by atomic mass is 32.2. The van der Waals surface area contributed by atoms with Crippen LogP contribution in [0.15, 0.2) is 47.6 Å². The Balaban J connectivity index is 1.30. The zero-order valence-electron chi connectivity index (χ0n) is 17.1. The van der Waals surface area contributed by atoms with Crippen molar-refractivity contribution in [1.82, 2.24) is 9.88 Å². The van der Waals surface area contributed by atoms with Gasteiger partial charge < -0.3 is 15.5 Å². The Morgan fingerprint density at radius 3 is 2.58 bits per heavy atom. The first-order valence-electron chi connectivity index (χ1n) is 10.2. The highest BCUT2D eigenvalue weighted by molar-refractivity contribution is 8.15. The Kier molecular flexibility index (Phi) is 6.31. The van der Waals surface area contributed by atoms with Gasteiger partial charge in [0.2, 0.25) is 5.91 Å². The summed E-state index contributed by atoms with van der Waals surface area (Å²) in [5.41, 5.74) is 1.89. The Hall–Kier alpha value is -3.20. The van der Waals surface area contributed by atoms with Crippen LogP contribution >= 0.6 is 11.8 Å². The largest absolute Gasteiger partial charge is 0.351 e. The maximum atomic E-state index is 12.4. The molecule has 2 aromatic rings.